The Morgan fingerprint density at radius 2 is 2.03 bits per heavy atom. The van der Waals surface area contributed by atoms with Crippen molar-refractivity contribution in [2.45, 2.75) is 6.82 Å². The average molecular weight is 386 g/mol. The molecule has 144 valence electrons. The summed E-state index contributed by atoms with van der Waals surface area (Å²) in [6, 6.07) is 11.3. The topological polar surface area (TPSA) is 119 Å². The molecule has 0 bridgehead atoms. The summed E-state index contributed by atoms with van der Waals surface area (Å²) < 4.78 is 1.64. The van der Waals surface area contributed by atoms with E-state index in [1.165, 1.54) is 12.4 Å². The molecular formula is C20H19BN6O2. The minimum atomic E-state index is -0.627. The number of hydrogen-bond acceptors (Lipinski definition) is 6. The fraction of sp³-hybridized carbons (Fsp3) is 0.100. The summed E-state index contributed by atoms with van der Waals surface area (Å²) in [7, 11) is 1.57. The number of benzene rings is 2. The third-order valence-corrected chi connectivity index (χ3v) is 4.80. The number of hydrogen-bond donors (Lipinski definition) is 3. The largest absolute Gasteiger partial charge is 0.447 e. The highest BCUT2D eigenvalue weighted by molar-refractivity contribution is 6.64. The van der Waals surface area contributed by atoms with Crippen LogP contribution in [0.2, 0.25) is 6.82 Å². The fourth-order valence-corrected chi connectivity index (χ4v) is 3.21. The van der Waals surface area contributed by atoms with Crippen molar-refractivity contribution < 1.29 is 9.82 Å². The Labute approximate surface area is 167 Å². The number of nitrogens with one attached hydrogen (secondary N) is 1. The standard InChI is InChI=1S/C20H19BN6O2/c1-21(29)14-4-6-19(27-11-13(9-25-27)20(28)23-2)16(8-14)12-3-5-15-17(22)10-24-26-18(15)7-12/h3-11,29H,1-2H3,(H2,22,26)(H,23,28). The van der Waals surface area contributed by atoms with E-state index in [2.05, 4.69) is 20.6 Å². The molecule has 0 saturated carbocycles. The van der Waals surface area contributed by atoms with E-state index >= 15 is 0 Å². The van der Waals surface area contributed by atoms with E-state index in [9.17, 15) is 9.82 Å². The van der Waals surface area contributed by atoms with Crippen molar-refractivity contribution in [1.82, 2.24) is 25.3 Å². The molecule has 1 amide bonds. The number of anilines is 1. The van der Waals surface area contributed by atoms with Gasteiger partial charge in [-0.15, -0.1) is 0 Å². The summed E-state index contributed by atoms with van der Waals surface area (Å²) in [5.41, 5.74) is 10.9. The molecule has 0 fully saturated rings. The highest BCUT2D eigenvalue weighted by Crippen LogP contribution is 2.29. The summed E-state index contributed by atoms with van der Waals surface area (Å²) in [4.78, 5) is 11.9. The van der Waals surface area contributed by atoms with Crippen LogP contribution in [0.3, 0.4) is 0 Å². The molecule has 0 saturated heterocycles. The molecule has 0 aliphatic carbocycles. The van der Waals surface area contributed by atoms with Crippen LogP contribution in [0.25, 0.3) is 27.7 Å². The number of aromatic nitrogens is 4. The number of carbonyl (C=O) groups excluding carboxylic acids is 1. The monoisotopic (exact) mass is 386 g/mol. The smallest absolute Gasteiger partial charge is 0.320 e. The van der Waals surface area contributed by atoms with Crippen LogP contribution in [0, 0.1) is 0 Å². The van der Waals surface area contributed by atoms with Crippen molar-refractivity contribution in [3.05, 3.63) is 60.6 Å². The van der Waals surface area contributed by atoms with Crippen LogP contribution in [0.5, 0.6) is 0 Å². The van der Waals surface area contributed by atoms with Gasteiger partial charge in [-0.2, -0.15) is 15.3 Å². The Hall–Kier alpha value is -3.72. The molecule has 4 N–H and O–H groups in total. The highest BCUT2D eigenvalue weighted by Gasteiger charge is 2.16. The van der Waals surface area contributed by atoms with Gasteiger partial charge in [-0.3, -0.25) is 4.79 Å². The summed E-state index contributed by atoms with van der Waals surface area (Å²) in [6.07, 6.45) is 4.70. The van der Waals surface area contributed by atoms with Gasteiger partial charge in [0.05, 0.1) is 34.8 Å². The maximum absolute atomic E-state index is 11.9. The SMILES string of the molecule is CNC(=O)c1cnn(-c2ccc(B(C)O)cc2-c2ccc3c(N)cnnc3c2)c1. The molecule has 0 spiro atoms. The summed E-state index contributed by atoms with van der Waals surface area (Å²) in [6.45, 7) is 1.08. The molecule has 2 aromatic heterocycles. The van der Waals surface area contributed by atoms with Crippen molar-refractivity contribution in [1.29, 1.82) is 0 Å². The number of fused-ring (bicyclic) bond motifs is 1. The van der Waals surface area contributed by atoms with Crippen LogP contribution in [0.4, 0.5) is 5.69 Å². The molecule has 0 aliphatic rings. The van der Waals surface area contributed by atoms with E-state index in [1.807, 2.05) is 36.4 Å². The van der Waals surface area contributed by atoms with E-state index in [-0.39, 0.29) is 5.91 Å². The molecule has 29 heavy (non-hydrogen) atoms. The lowest BCUT2D eigenvalue weighted by Gasteiger charge is -2.13. The van der Waals surface area contributed by atoms with Gasteiger partial charge >= 0.3 is 6.92 Å². The zero-order chi connectivity index (χ0) is 20.5. The first kappa shape index (κ1) is 18.6. The normalized spacial score (nSPS) is 10.9. The number of nitrogen functional groups attached to an aromatic ring is 1. The van der Waals surface area contributed by atoms with E-state index in [0.29, 0.717) is 16.8 Å². The number of nitrogens with two attached hydrogens (primary N) is 1. The molecule has 0 atom stereocenters. The lowest BCUT2D eigenvalue weighted by atomic mass is 9.64. The van der Waals surface area contributed by atoms with Crippen LogP contribution in [0.15, 0.2) is 55.0 Å². The molecule has 4 rings (SSSR count). The Morgan fingerprint density at radius 1 is 1.21 bits per heavy atom. The lowest BCUT2D eigenvalue weighted by Crippen LogP contribution is -2.26. The van der Waals surface area contributed by atoms with E-state index < -0.39 is 6.92 Å². The van der Waals surface area contributed by atoms with Crippen LogP contribution >= 0.6 is 0 Å². The predicted octanol–water partition coefficient (Wildman–Crippen LogP) is 1.24. The van der Waals surface area contributed by atoms with Crippen molar-refractivity contribution in [2.24, 2.45) is 0 Å². The summed E-state index contributed by atoms with van der Waals surface area (Å²) in [5.74, 6) is -0.213. The summed E-state index contributed by atoms with van der Waals surface area (Å²) >= 11 is 0. The van der Waals surface area contributed by atoms with Gasteiger partial charge in [0.1, 0.15) is 0 Å². The second-order valence-electron chi connectivity index (χ2n) is 6.74. The van der Waals surface area contributed by atoms with E-state index in [0.717, 1.165) is 27.7 Å². The Bertz CT molecular complexity index is 1220. The number of rotatable bonds is 4. The Morgan fingerprint density at radius 3 is 2.79 bits per heavy atom. The van der Waals surface area contributed by atoms with Crippen molar-refractivity contribution >= 4 is 34.9 Å². The molecule has 9 heteroatoms. The van der Waals surface area contributed by atoms with Crippen molar-refractivity contribution in [2.75, 3.05) is 12.8 Å². The van der Waals surface area contributed by atoms with Crippen molar-refractivity contribution in [3.8, 4) is 16.8 Å². The second-order valence-corrected chi connectivity index (χ2v) is 6.74. The minimum absolute atomic E-state index is 0.213. The quantitative estimate of drug-likeness (QED) is 0.454. The van der Waals surface area contributed by atoms with Gasteiger partial charge in [0, 0.05) is 24.2 Å². The van der Waals surface area contributed by atoms with E-state index in [1.54, 1.807) is 24.7 Å². The Kier molecular flexibility index (Phi) is 4.73. The van der Waals surface area contributed by atoms with Gasteiger partial charge in [0.2, 0.25) is 0 Å². The maximum atomic E-state index is 11.9. The zero-order valence-corrected chi connectivity index (χ0v) is 16.0. The van der Waals surface area contributed by atoms with Crippen molar-refractivity contribution in [3.63, 3.8) is 0 Å². The zero-order valence-electron chi connectivity index (χ0n) is 16.0. The molecular weight excluding hydrogens is 367 g/mol. The molecule has 4 aromatic rings. The van der Waals surface area contributed by atoms with Gasteiger partial charge in [0.25, 0.3) is 5.91 Å². The maximum Gasteiger partial charge on any atom is 0.320 e. The molecule has 0 radical (unpaired) electrons. The molecule has 0 aliphatic heterocycles. The molecule has 8 nitrogen and oxygen atoms in total. The Balaban J connectivity index is 1.90. The number of amides is 1. The predicted molar refractivity (Wildman–Crippen MR) is 113 cm³/mol. The fourth-order valence-electron chi connectivity index (χ4n) is 3.21. The van der Waals surface area contributed by atoms with Crippen LogP contribution < -0.4 is 16.5 Å². The van der Waals surface area contributed by atoms with Gasteiger partial charge in [-0.1, -0.05) is 25.0 Å². The second kappa shape index (κ2) is 7.36. The lowest BCUT2D eigenvalue weighted by molar-refractivity contribution is 0.0963. The van der Waals surface area contributed by atoms with E-state index in [4.69, 9.17) is 5.73 Å². The van der Waals surface area contributed by atoms with Gasteiger partial charge < -0.3 is 16.1 Å². The third kappa shape index (κ3) is 3.43. The molecule has 2 aromatic carbocycles. The van der Waals surface area contributed by atoms with Crippen LogP contribution in [0.1, 0.15) is 10.4 Å². The van der Waals surface area contributed by atoms with Gasteiger partial charge in [-0.05, 0) is 29.2 Å². The average Bonchev–Trinajstić information content (AvgIpc) is 3.22. The van der Waals surface area contributed by atoms with Crippen LogP contribution in [-0.2, 0) is 0 Å². The minimum Gasteiger partial charge on any atom is -0.447 e. The molecule has 2 heterocycles. The number of nitrogens with zero attached hydrogens (tertiary/aromatic N) is 4. The molecule has 0 unspecified atom stereocenters. The first-order chi connectivity index (χ1) is 14.0. The highest BCUT2D eigenvalue weighted by atomic mass is 16.2. The summed E-state index contributed by atoms with van der Waals surface area (Å²) in [5, 5.41) is 25.9. The van der Waals surface area contributed by atoms with Crippen LogP contribution in [-0.4, -0.2) is 44.9 Å². The number of carbonyl (C=O) groups is 1. The third-order valence-electron chi connectivity index (χ3n) is 4.80. The van der Waals surface area contributed by atoms with Gasteiger partial charge in [0.15, 0.2) is 0 Å². The van der Waals surface area contributed by atoms with Gasteiger partial charge in [-0.25, -0.2) is 4.68 Å². The first-order valence-corrected chi connectivity index (χ1v) is 9.08. The first-order valence-electron chi connectivity index (χ1n) is 9.08.